The lowest BCUT2D eigenvalue weighted by Gasteiger charge is -2.16. The van der Waals surface area contributed by atoms with E-state index in [4.69, 9.17) is 25.8 Å². The number of nitrogens with one attached hydrogen (secondary N) is 1. The van der Waals surface area contributed by atoms with E-state index in [1.54, 1.807) is 6.92 Å². The number of halogens is 3. The molecule has 0 atom stereocenters. The van der Waals surface area contributed by atoms with Gasteiger partial charge in [0.15, 0.2) is 5.70 Å². The fourth-order valence-corrected chi connectivity index (χ4v) is 2.02. The van der Waals surface area contributed by atoms with Gasteiger partial charge in [-0.1, -0.05) is 0 Å². The Labute approximate surface area is 148 Å². The van der Waals surface area contributed by atoms with Crippen molar-refractivity contribution in [1.82, 2.24) is 5.43 Å². The van der Waals surface area contributed by atoms with Gasteiger partial charge in [0.25, 0.3) is 0 Å². The molecule has 144 valence electrons. The summed E-state index contributed by atoms with van der Waals surface area (Å²) in [6.07, 6.45) is -2.72. The average Bonchev–Trinajstić information content (AvgIpc) is 3.37. The van der Waals surface area contributed by atoms with E-state index in [0.29, 0.717) is 0 Å². The van der Waals surface area contributed by atoms with Crippen LogP contribution in [0, 0.1) is 5.92 Å². The number of carbonyl (C=O) groups is 1. The minimum Gasteiger partial charge on any atom is -0.493 e. The standard InChI is InChI=1S/C16H20F3N3O4/c1-2-24-15(23)13(22-21)14(20)26-10-5-6-11(16(17,18)19)12(7-10)25-8-9-3-4-9/h5-7,9,22H,2-4,8,20-21H2,1H3/b14-13+. The van der Waals surface area contributed by atoms with E-state index in [2.05, 4.69) is 0 Å². The van der Waals surface area contributed by atoms with E-state index < -0.39 is 23.6 Å². The highest BCUT2D eigenvalue weighted by molar-refractivity contribution is 5.88. The molecule has 0 bridgehead atoms. The molecule has 2 rings (SSSR count). The van der Waals surface area contributed by atoms with Gasteiger partial charge in [-0.15, -0.1) is 0 Å². The summed E-state index contributed by atoms with van der Waals surface area (Å²) in [4.78, 5) is 11.7. The van der Waals surface area contributed by atoms with E-state index in [1.165, 1.54) is 0 Å². The van der Waals surface area contributed by atoms with Crippen LogP contribution in [0.25, 0.3) is 0 Å². The highest BCUT2D eigenvalue weighted by Crippen LogP contribution is 2.39. The number of rotatable bonds is 8. The van der Waals surface area contributed by atoms with Crippen molar-refractivity contribution >= 4 is 5.97 Å². The zero-order valence-electron chi connectivity index (χ0n) is 14.1. The highest BCUT2D eigenvalue weighted by Gasteiger charge is 2.35. The van der Waals surface area contributed by atoms with E-state index in [-0.39, 0.29) is 36.3 Å². The molecule has 0 saturated heterocycles. The molecule has 0 aromatic heterocycles. The van der Waals surface area contributed by atoms with Gasteiger partial charge in [0.2, 0.25) is 5.88 Å². The number of esters is 1. The number of alkyl halides is 3. The lowest BCUT2D eigenvalue weighted by molar-refractivity contribution is -0.139. The van der Waals surface area contributed by atoms with Crippen molar-refractivity contribution in [2.45, 2.75) is 25.9 Å². The first-order valence-corrected chi connectivity index (χ1v) is 7.91. The molecule has 0 heterocycles. The SMILES string of the molecule is CCOC(=O)/C(NN)=C(/N)Oc1ccc(C(F)(F)F)c(OCC2CC2)c1. The van der Waals surface area contributed by atoms with Crippen molar-refractivity contribution in [2.75, 3.05) is 13.2 Å². The Bertz CT molecular complexity index is 688. The monoisotopic (exact) mass is 375 g/mol. The fourth-order valence-electron chi connectivity index (χ4n) is 2.02. The predicted molar refractivity (Wildman–Crippen MR) is 85.5 cm³/mol. The topological polar surface area (TPSA) is 109 Å². The van der Waals surface area contributed by atoms with Gasteiger partial charge in [-0.2, -0.15) is 13.2 Å². The Morgan fingerprint density at radius 1 is 1.35 bits per heavy atom. The first kappa shape index (κ1) is 19.7. The second-order valence-electron chi connectivity index (χ2n) is 5.62. The van der Waals surface area contributed by atoms with Crippen molar-refractivity contribution in [3.8, 4) is 11.5 Å². The van der Waals surface area contributed by atoms with E-state index in [9.17, 15) is 18.0 Å². The van der Waals surface area contributed by atoms with Crippen LogP contribution >= 0.6 is 0 Å². The lowest BCUT2D eigenvalue weighted by Crippen LogP contribution is -2.32. The number of nitrogens with two attached hydrogens (primary N) is 2. The molecule has 0 amide bonds. The highest BCUT2D eigenvalue weighted by atomic mass is 19.4. The summed E-state index contributed by atoms with van der Waals surface area (Å²) in [5, 5.41) is 0. The second kappa shape index (κ2) is 8.17. The minimum absolute atomic E-state index is 0.0432. The third-order valence-electron chi connectivity index (χ3n) is 3.53. The van der Waals surface area contributed by atoms with Crippen molar-refractivity contribution in [3.63, 3.8) is 0 Å². The average molecular weight is 375 g/mol. The lowest BCUT2D eigenvalue weighted by atomic mass is 10.2. The zero-order chi connectivity index (χ0) is 19.3. The molecule has 1 saturated carbocycles. The van der Waals surface area contributed by atoms with Crippen molar-refractivity contribution in [3.05, 3.63) is 35.3 Å². The van der Waals surface area contributed by atoms with Crippen molar-refractivity contribution in [2.24, 2.45) is 17.5 Å². The zero-order valence-corrected chi connectivity index (χ0v) is 14.1. The van der Waals surface area contributed by atoms with Crippen LogP contribution in [0.15, 0.2) is 29.8 Å². The van der Waals surface area contributed by atoms with E-state index in [0.717, 1.165) is 31.0 Å². The van der Waals surface area contributed by atoms with Crippen LogP contribution < -0.4 is 26.5 Å². The fraction of sp³-hybridized carbons (Fsp3) is 0.438. The molecular formula is C16H20F3N3O4. The molecule has 1 fully saturated rings. The van der Waals surface area contributed by atoms with Gasteiger partial charge in [0.05, 0.1) is 18.8 Å². The van der Waals surface area contributed by atoms with E-state index in [1.807, 2.05) is 5.43 Å². The van der Waals surface area contributed by atoms with Gasteiger partial charge in [-0.05, 0) is 37.8 Å². The summed E-state index contributed by atoms with van der Waals surface area (Å²) in [5.41, 5.74) is 6.42. The smallest absolute Gasteiger partial charge is 0.419 e. The third-order valence-corrected chi connectivity index (χ3v) is 3.53. The molecule has 7 nitrogen and oxygen atoms in total. The summed E-state index contributed by atoms with van der Waals surface area (Å²) in [5.74, 6) is 3.77. The van der Waals surface area contributed by atoms with Gasteiger partial charge in [-0.25, -0.2) is 4.79 Å². The second-order valence-corrected chi connectivity index (χ2v) is 5.62. The number of ether oxygens (including phenoxy) is 3. The van der Waals surface area contributed by atoms with Crippen LogP contribution in [-0.2, 0) is 15.7 Å². The van der Waals surface area contributed by atoms with Gasteiger partial charge in [0, 0.05) is 6.07 Å². The summed E-state index contributed by atoms with van der Waals surface area (Å²) in [7, 11) is 0. The molecule has 1 aliphatic rings. The van der Waals surface area contributed by atoms with Crippen LogP contribution in [0.3, 0.4) is 0 Å². The normalized spacial score (nSPS) is 15.1. The molecule has 0 spiro atoms. The Hall–Kier alpha value is -2.62. The summed E-state index contributed by atoms with van der Waals surface area (Å²) in [6, 6.07) is 2.96. The van der Waals surface area contributed by atoms with Crippen LogP contribution in [-0.4, -0.2) is 19.2 Å². The molecule has 0 radical (unpaired) electrons. The first-order chi connectivity index (χ1) is 12.3. The molecule has 0 unspecified atom stereocenters. The molecular weight excluding hydrogens is 355 g/mol. The Balaban J connectivity index is 2.25. The molecule has 0 aliphatic heterocycles. The number of hydrogen-bond acceptors (Lipinski definition) is 7. The number of benzene rings is 1. The van der Waals surface area contributed by atoms with Crippen LogP contribution in [0.4, 0.5) is 13.2 Å². The molecule has 5 N–H and O–H groups in total. The van der Waals surface area contributed by atoms with Crippen LogP contribution in [0.2, 0.25) is 0 Å². The van der Waals surface area contributed by atoms with Crippen molar-refractivity contribution < 1.29 is 32.2 Å². The number of hydrogen-bond donors (Lipinski definition) is 3. The maximum atomic E-state index is 13.1. The Kier molecular flexibility index (Phi) is 6.19. The third kappa shape index (κ3) is 5.19. The van der Waals surface area contributed by atoms with Gasteiger partial charge >= 0.3 is 12.1 Å². The Morgan fingerprint density at radius 3 is 2.58 bits per heavy atom. The summed E-state index contributed by atoms with van der Waals surface area (Å²) < 4.78 is 54.6. The van der Waals surface area contributed by atoms with Gasteiger partial charge < -0.3 is 25.4 Å². The van der Waals surface area contributed by atoms with Crippen LogP contribution in [0.1, 0.15) is 25.3 Å². The summed E-state index contributed by atoms with van der Waals surface area (Å²) in [6.45, 7) is 1.86. The minimum atomic E-state index is -4.58. The number of carbonyl (C=O) groups excluding carboxylic acids is 1. The molecule has 26 heavy (non-hydrogen) atoms. The predicted octanol–water partition coefficient (Wildman–Crippen LogP) is 2.03. The molecule has 1 aromatic rings. The van der Waals surface area contributed by atoms with E-state index >= 15 is 0 Å². The number of hydrazine groups is 1. The summed E-state index contributed by atoms with van der Waals surface area (Å²) >= 11 is 0. The van der Waals surface area contributed by atoms with Gasteiger partial charge in [0.1, 0.15) is 11.5 Å². The van der Waals surface area contributed by atoms with Crippen LogP contribution in [0.5, 0.6) is 11.5 Å². The quantitative estimate of drug-likeness (QED) is 0.210. The molecule has 1 aromatic carbocycles. The Morgan fingerprint density at radius 2 is 2.04 bits per heavy atom. The van der Waals surface area contributed by atoms with Crippen molar-refractivity contribution in [1.29, 1.82) is 0 Å². The van der Waals surface area contributed by atoms with Gasteiger partial charge in [-0.3, -0.25) is 5.84 Å². The molecule has 1 aliphatic carbocycles. The molecule has 10 heteroatoms. The first-order valence-electron chi connectivity index (χ1n) is 7.91. The maximum absolute atomic E-state index is 13.1. The maximum Gasteiger partial charge on any atom is 0.419 e. The largest absolute Gasteiger partial charge is 0.493 e.